The molecule has 1 atom stereocenters. The molecule has 1 unspecified atom stereocenters. The van der Waals surface area contributed by atoms with Gasteiger partial charge in [-0.3, -0.25) is 0 Å². The van der Waals surface area contributed by atoms with Crippen molar-refractivity contribution >= 4 is 51.7 Å². The molecule has 6 heavy (non-hydrogen) atoms. The molecule has 0 aromatic carbocycles. The standard InChI is InChI=1S/C2H2AsCl3/c3-1(4)2(5)6/h3H2. The van der Waals surface area contributed by atoms with Crippen molar-refractivity contribution in [3.8, 4) is 0 Å². The van der Waals surface area contributed by atoms with E-state index < -0.39 is 0 Å². The van der Waals surface area contributed by atoms with E-state index in [1.165, 1.54) is 16.9 Å². The summed E-state index contributed by atoms with van der Waals surface area (Å²) in [5.41, 5.74) is 0. The van der Waals surface area contributed by atoms with E-state index in [1.807, 2.05) is 0 Å². The Hall–Kier alpha value is 1.17. The van der Waals surface area contributed by atoms with Gasteiger partial charge in [0, 0.05) is 0 Å². The van der Waals surface area contributed by atoms with Crippen LogP contribution in [-0.4, -0.2) is 16.9 Å². The monoisotopic (exact) mass is 206 g/mol. The molecule has 4 heteroatoms. The van der Waals surface area contributed by atoms with Gasteiger partial charge in [0.1, 0.15) is 0 Å². The molecule has 0 saturated heterocycles. The van der Waals surface area contributed by atoms with Gasteiger partial charge in [-0.15, -0.1) is 0 Å². The quantitative estimate of drug-likeness (QED) is 0.528. The second kappa shape index (κ2) is 3.21. The van der Waals surface area contributed by atoms with Gasteiger partial charge in [0.2, 0.25) is 0 Å². The van der Waals surface area contributed by atoms with E-state index in [-0.39, 0.29) is 4.49 Å². The van der Waals surface area contributed by atoms with Gasteiger partial charge in [-0.25, -0.2) is 0 Å². The van der Waals surface area contributed by atoms with E-state index in [9.17, 15) is 0 Å². The zero-order valence-corrected chi connectivity index (χ0v) is 7.40. The molecule has 36 valence electrons. The molecule has 0 nitrogen and oxygen atoms in total. The Morgan fingerprint density at radius 3 is 1.33 bits per heavy atom. The SMILES string of the molecule is ClC(Cl)=C(Cl)[AsH2]. The van der Waals surface area contributed by atoms with E-state index in [1.54, 1.807) is 0 Å². The summed E-state index contributed by atoms with van der Waals surface area (Å²) in [4.78, 5) is 0. The zero-order chi connectivity index (χ0) is 5.15. The van der Waals surface area contributed by atoms with Gasteiger partial charge in [-0.1, -0.05) is 0 Å². The van der Waals surface area contributed by atoms with Gasteiger partial charge >= 0.3 is 60.0 Å². The average molecular weight is 207 g/mol. The molecule has 0 fully saturated rings. The van der Waals surface area contributed by atoms with Crippen LogP contribution in [-0.2, 0) is 0 Å². The summed E-state index contributed by atoms with van der Waals surface area (Å²) in [5, 5.41) is 0. The molecule has 0 saturated carbocycles. The number of halogens is 3. The van der Waals surface area contributed by atoms with Crippen molar-refractivity contribution in [2.75, 3.05) is 0 Å². The molecule has 0 aromatic heterocycles. The van der Waals surface area contributed by atoms with Crippen LogP contribution in [0.15, 0.2) is 8.31 Å². The molecule has 0 aliphatic rings. The third-order valence-electron chi connectivity index (χ3n) is 0.181. The summed E-state index contributed by atoms with van der Waals surface area (Å²) in [7, 11) is 0. The predicted octanol–water partition coefficient (Wildman–Crippen LogP) is 1.46. The van der Waals surface area contributed by atoms with Crippen molar-refractivity contribution in [1.29, 1.82) is 0 Å². The maximum atomic E-state index is 5.26. The molecular formula is C2H2AsCl3. The van der Waals surface area contributed by atoms with Crippen molar-refractivity contribution in [2.24, 2.45) is 0 Å². The normalized spacial score (nSPS) is 8.00. The van der Waals surface area contributed by atoms with Crippen LogP contribution in [0.5, 0.6) is 0 Å². The van der Waals surface area contributed by atoms with Crippen molar-refractivity contribution in [2.45, 2.75) is 0 Å². The van der Waals surface area contributed by atoms with Crippen LogP contribution in [0.3, 0.4) is 0 Å². The second-order valence-electron chi connectivity index (χ2n) is 0.608. The Bertz CT molecular complexity index is 58.9. The first-order chi connectivity index (χ1) is 2.64. The summed E-state index contributed by atoms with van der Waals surface area (Å²) in [6, 6.07) is 0. The van der Waals surface area contributed by atoms with E-state index >= 15 is 0 Å². The number of rotatable bonds is 0. The molecule has 0 N–H and O–H groups in total. The summed E-state index contributed by atoms with van der Waals surface area (Å²) in [6.07, 6.45) is 0. The Labute approximate surface area is 59.9 Å². The molecule has 0 aliphatic heterocycles. The van der Waals surface area contributed by atoms with Crippen LogP contribution >= 0.6 is 34.8 Å². The molecule has 0 aromatic rings. The van der Waals surface area contributed by atoms with Gasteiger partial charge in [-0.2, -0.15) is 0 Å². The fraction of sp³-hybridized carbons (Fsp3) is 0. The second-order valence-corrected chi connectivity index (χ2v) is 3.94. The van der Waals surface area contributed by atoms with E-state index in [0.29, 0.717) is 3.82 Å². The van der Waals surface area contributed by atoms with E-state index in [0.717, 1.165) is 0 Å². The van der Waals surface area contributed by atoms with Crippen LogP contribution in [0.4, 0.5) is 0 Å². The first-order valence-corrected chi connectivity index (χ1v) is 3.45. The van der Waals surface area contributed by atoms with Gasteiger partial charge in [-0.05, 0) is 0 Å². The Balaban J connectivity index is 3.68. The predicted molar refractivity (Wildman–Crippen MR) is 33.1 cm³/mol. The Morgan fingerprint density at radius 1 is 1.17 bits per heavy atom. The van der Waals surface area contributed by atoms with Crippen LogP contribution in [0.2, 0.25) is 0 Å². The number of hydrogen-bond acceptors (Lipinski definition) is 0. The van der Waals surface area contributed by atoms with Crippen LogP contribution in [0, 0.1) is 0 Å². The van der Waals surface area contributed by atoms with Gasteiger partial charge < -0.3 is 0 Å². The molecule has 0 aliphatic carbocycles. The number of hydrogen-bond donors (Lipinski definition) is 0. The zero-order valence-electron chi connectivity index (χ0n) is 2.71. The summed E-state index contributed by atoms with van der Waals surface area (Å²) in [6.45, 7) is 0. The minimum absolute atomic E-state index is 0.164. The first-order valence-electron chi connectivity index (χ1n) is 1.11. The van der Waals surface area contributed by atoms with Crippen LogP contribution in [0.25, 0.3) is 0 Å². The Kier molecular flexibility index (Phi) is 3.83. The van der Waals surface area contributed by atoms with Gasteiger partial charge in [0.15, 0.2) is 0 Å². The topological polar surface area (TPSA) is 0 Å². The molecule has 0 heterocycles. The van der Waals surface area contributed by atoms with Crippen molar-refractivity contribution in [1.82, 2.24) is 0 Å². The van der Waals surface area contributed by atoms with Crippen molar-refractivity contribution in [3.63, 3.8) is 0 Å². The molecular weight excluding hydrogens is 205 g/mol. The van der Waals surface area contributed by atoms with Crippen molar-refractivity contribution < 1.29 is 0 Å². The first kappa shape index (κ1) is 7.17. The van der Waals surface area contributed by atoms with E-state index in [4.69, 9.17) is 34.8 Å². The minimum atomic E-state index is 0.164. The maximum absolute atomic E-state index is 5.26. The summed E-state index contributed by atoms with van der Waals surface area (Å²) < 4.78 is 0.655. The average Bonchev–Trinajstić information content (AvgIpc) is 1.36. The van der Waals surface area contributed by atoms with Gasteiger partial charge in [0.25, 0.3) is 0 Å². The third-order valence-corrected chi connectivity index (χ3v) is 2.34. The van der Waals surface area contributed by atoms with Crippen molar-refractivity contribution in [3.05, 3.63) is 8.31 Å². The summed E-state index contributed by atoms with van der Waals surface area (Å²) >= 11 is 16.8. The van der Waals surface area contributed by atoms with E-state index in [2.05, 4.69) is 0 Å². The van der Waals surface area contributed by atoms with Gasteiger partial charge in [0.05, 0.1) is 0 Å². The molecule has 0 rings (SSSR count). The van der Waals surface area contributed by atoms with Crippen LogP contribution < -0.4 is 0 Å². The van der Waals surface area contributed by atoms with Crippen LogP contribution in [0.1, 0.15) is 0 Å². The molecule has 0 spiro atoms. The fourth-order valence-electron chi connectivity index (χ4n) is 0. The third kappa shape index (κ3) is 3.36. The Morgan fingerprint density at radius 2 is 1.33 bits per heavy atom. The molecule has 0 amide bonds. The molecule has 0 bridgehead atoms. The summed E-state index contributed by atoms with van der Waals surface area (Å²) in [5.74, 6) is 0. The molecule has 0 radical (unpaired) electrons. The fourth-order valence-corrected chi connectivity index (χ4v) is 0.